The second-order valence-corrected chi connectivity index (χ2v) is 5.21. The van der Waals surface area contributed by atoms with Crippen molar-refractivity contribution in [3.63, 3.8) is 0 Å². The van der Waals surface area contributed by atoms with Crippen LogP contribution >= 0.6 is 15.9 Å². The highest BCUT2D eigenvalue weighted by Crippen LogP contribution is 2.23. The molecule has 0 bridgehead atoms. The van der Waals surface area contributed by atoms with Gasteiger partial charge in [-0.25, -0.2) is 4.98 Å². The van der Waals surface area contributed by atoms with E-state index in [0.717, 1.165) is 34.7 Å². The van der Waals surface area contributed by atoms with Gasteiger partial charge in [0.25, 0.3) is 0 Å². The molecule has 0 radical (unpaired) electrons. The second-order valence-electron chi connectivity index (χ2n) is 4.30. The smallest absolute Gasteiger partial charge is 0.123 e. The molecule has 4 nitrogen and oxygen atoms in total. The molecule has 0 saturated heterocycles. The molecule has 0 atom stereocenters. The van der Waals surface area contributed by atoms with E-state index in [-0.39, 0.29) is 0 Å². The van der Waals surface area contributed by atoms with Gasteiger partial charge in [0.1, 0.15) is 18.2 Å². The van der Waals surface area contributed by atoms with E-state index < -0.39 is 0 Å². The first-order valence-electron chi connectivity index (χ1n) is 6.24. The van der Waals surface area contributed by atoms with Gasteiger partial charge in [0.2, 0.25) is 0 Å². The molecule has 0 unspecified atom stereocenters. The predicted molar refractivity (Wildman–Crippen MR) is 79.4 cm³/mol. The van der Waals surface area contributed by atoms with Crippen molar-refractivity contribution >= 4 is 15.9 Å². The molecule has 0 aliphatic rings. The van der Waals surface area contributed by atoms with Crippen LogP contribution in [-0.2, 0) is 13.1 Å². The number of nitrogens with zero attached hydrogens (tertiary/aromatic N) is 2. The van der Waals surface area contributed by atoms with Crippen molar-refractivity contribution in [3.8, 4) is 5.75 Å². The predicted octanol–water partition coefficient (Wildman–Crippen LogP) is 2.75. The van der Waals surface area contributed by atoms with E-state index in [4.69, 9.17) is 4.74 Å². The van der Waals surface area contributed by atoms with E-state index in [2.05, 4.69) is 36.9 Å². The van der Waals surface area contributed by atoms with Crippen LogP contribution < -0.4 is 10.1 Å². The molecular weight excluding hydrogens is 306 g/mol. The lowest BCUT2D eigenvalue weighted by molar-refractivity contribution is 0.293. The first-order chi connectivity index (χ1) is 9.20. The maximum atomic E-state index is 5.86. The van der Waals surface area contributed by atoms with E-state index in [1.54, 1.807) is 6.20 Å². The topological polar surface area (TPSA) is 39.1 Å². The zero-order valence-corrected chi connectivity index (χ0v) is 12.8. The molecular formula is C14H18BrN3O. The Balaban J connectivity index is 1.97. The largest absolute Gasteiger partial charge is 0.491 e. The van der Waals surface area contributed by atoms with Crippen molar-refractivity contribution in [2.24, 2.45) is 0 Å². The highest BCUT2D eigenvalue weighted by atomic mass is 79.9. The quantitative estimate of drug-likeness (QED) is 0.888. The monoisotopic (exact) mass is 323 g/mol. The standard InChI is InChI=1S/C14H18BrN3O/c1-11-17-5-6-18(11)7-8-19-14-4-3-13(15)9-12(14)10-16-2/h3-6,9,16H,7-8,10H2,1-2H3. The maximum Gasteiger partial charge on any atom is 0.123 e. The number of ether oxygens (including phenoxy) is 1. The highest BCUT2D eigenvalue weighted by molar-refractivity contribution is 9.10. The molecule has 0 amide bonds. The molecule has 0 saturated carbocycles. The number of hydrogen-bond acceptors (Lipinski definition) is 3. The lowest BCUT2D eigenvalue weighted by Crippen LogP contribution is -2.11. The van der Waals surface area contributed by atoms with Crippen molar-refractivity contribution in [2.75, 3.05) is 13.7 Å². The summed E-state index contributed by atoms with van der Waals surface area (Å²) in [6.45, 7) is 4.22. The fourth-order valence-electron chi connectivity index (χ4n) is 1.91. The lowest BCUT2D eigenvalue weighted by atomic mass is 10.2. The van der Waals surface area contributed by atoms with Gasteiger partial charge in [0, 0.05) is 29.0 Å². The van der Waals surface area contributed by atoms with Crippen molar-refractivity contribution in [3.05, 3.63) is 46.5 Å². The Labute approximate surface area is 121 Å². The summed E-state index contributed by atoms with van der Waals surface area (Å²) in [6, 6.07) is 6.07. The van der Waals surface area contributed by atoms with Gasteiger partial charge in [-0.1, -0.05) is 15.9 Å². The van der Waals surface area contributed by atoms with Crippen molar-refractivity contribution < 1.29 is 4.74 Å². The van der Waals surface area contributed by atoms with E-state index in [1.807, 2.05) is 32.3 Å². The van der Waals surface area contributed by atoms with E-state index in [0.29, 0.717) is 6.61 Å². The third-order valence-corrected chi connectivity index (χ3v) is 3.40. The number of aromatic nitrogens is 2. The number of rotatable bonds is 6. The van der Waals surface area contributed by atoms with Gasteiger partial charge in [0.05, 0.1) is 6.54 Å². The Morgan fingerprint density at radius 3 is 2.95 bits per heavy atom. The fourth-order valence-corrected chi connectivity index (χ4v) is 2.32. The van der Waals surface area contributed by atoms with Gasteiger partial charge in [-0.2, -0.15) is 0 Å². The molecule has 1 N–H and O–H groups in total. The molecule has 1 aromatic heterocycles. The minimum Gasteiger partial charge on any atom is -0.491 e. The third kappa shape index (κ3) is 3.81. The molecule has 2 aromatic rings. The summed E-state index contributed by atoms with van der Waals surface area (Å²) in [6.07, 6.45) is 3.77. The van der Waals surface area contributed by atoms with Crippen molar-refractivity contribution in [1.82, 2.24) is 14.9 Å². The highest BCUT2D eigenvalue weighted by Gasteiger charge is 2.04. The zero-order chi connectivity index (χ0) is 13.7. The average Bonchev–Trinajstić information content (AvgIpc) is 2.78. The van der Waals surface area contributed by atoms with Crippen molar-refractivity contribution in [1.29, 1.82) is 0 Å². The summed E-state index contributed by atoms with van der Waals surface area (Å²) in [4.78, 5) is 4.19. The van der Waals surface area contributed by atoms with Crippen molar-refractivity contribution in [2.45, 2.75) is 20.0 Å². The summed E-state index contributed by atoms with van der Waals surface area (Å²) in [7, 11) is 1.93. The molecule has 5 heteroatoms. The number of imidazole rings is 1. The summed E-state index contributed by atoms with van der Waals surface area (Å²) < 4.78 is 9.01. The van der Waals surface area contributed by atoms with Crippen LogP contribution in [0.15, 0.2) is 35.1 Å². The van der Waals surface area contributed by atoms with E-state index in [1.165, 1.54) is 0 Å². The normalized spacial score (nSPS) is 10.7. The van der Waals surface area contributed by atoms with Gasteiger partial charge in [-0.05, 0) is 32.2 Å². The number of aryl methyl sites for hydroxylation is 1. The number of hydrogen-bond donors (Lipinski definition) is 1. The Bertz CT molecular complexity index is 539. The number of halogens is 1. The molecule has 1 aromatic carbocycles. The number of nitrogens with one attached hydrogen (secondary N) is 1. The van der Waals surface area contributed by atoms with Gasteiger partial charge in [-0.3, -0.25) is 0 Å². The Kier molecular flexibility index (Phi) is 4.99. The summed E-state index contributed by atoms with van der Waals surface area (Å²) in [5.41, 5.74) is 1.15. The molecule has 0 aliphatic heterocycles. The lowest BCUT2D eigenvalue weighted by Gasteiger charge is -2.12. The van der Waals surface area contributed by atoms with Crippen LogP contribution in [0.4, 0.5) is 0 Å². The molecule has 1 heterocycles. The minimum atomic E-state index is 0.634. The van der Waals surface area contributed by atoms with Crippen LogP contribution in [0.2, 0.25) is 0 Å². The summed E-state index contributed by atoms with van der Waals surface area (Å²) >= 11 is 3.48. The van der Waals surface area contributed by atoms with E-state index >= 15 is 0 Å². The summed E-state index contributed by atoms with van der Waals surface area (Å²) in [5.74, 6) is 1.94. The molecule has 102 valence electrons. The van der Waals surface area contributed by atoms with Crippen LogP contribution in [0.25, 0.3) is 0 Å². The van der Waals surface area contributed by atoms with Crippen LogP contribution in [0, 0.1) is 6.92 Å². The van der Waals surface area contributed by atoms with Gasteiger partial charge in [-0.15, -0.1) is 0 Å². The van der Waals surface area contributed by atoms with Crippen LogP contribution in [0.1, 0.15) is 11.4 Å². The molecule has 0 aliphatic carbocycles. The average molecular weight is 324 g/mol. The van der Waals surface area contributed by atoms with Crippen LogP contribution in [0.3, 0.4) is 0 Å². The maximum absolute atomic E-state index is 5.86. The first kappa shape index (κ1) is 14.1. The molecule has 2 rings (SSSR count). The Morgan fingerprint density at radius 1 is 1.42 bits per heavy atom. The van der Waals surface area contributed by atoms with Gasteiger partial charge in [0.15, 0.2) is 0 Å². The van der Waals surface area contributed by atoms with Gasteiger partial charge < -0.3 is 14.6 Å². The van der Waals surface area contributed by atoms with Gasteiger partial charge >= 0.3 is 0 Å². The zero-order valence-electron chi connectivity index (χ0n) is 11.2. The summed E-state index contributed by atoms with van der Waals surface area (Å²) in [5, 5.41) is 3.15. The second kappa shape index (κ2) is 6.73. The minimum absolute atomic E-state index is 0.634. The third-order valence-electron chi connectivity index (χ3n) is 2.90. The number of benzene rings is 1. The molecule has 19 heavy (non-hydrogen) atoms. The Morgan fingerprint density at radius 2 is 2.26 bits per heavy atom. The fraction of sp³-hybridized carbons (Fsp3) is 0.357. The van der Waals surface area contributed by atoms with E-state index in [9.17, 15) is 0 Å². The van der Waals surface area contributed by atoms with Crippen LogP contribution in [-0.4, -0.2) is 23.2 Å². The molecule has 0 fully saturated rings. The SMILES string of the molecule is CNCc1cc(Br)ccc1OCCn1ccnc1C. The Hall–Kier alpha value is -1.33. The van der Waals surface area contributed by atoms with Crippen LogP contribution in [0.5, 0.6) is 5.75 Å². The molecule has 0 spiro atoms. The first-order valence-corrected chi connectivity index (χ1v) is 7.03.